The van der Waals surface area contributed by atoms with E-state index in [1.807, 2.05) is 23.1 Å². The molecule has 0 aliphatic carbocycles. The highest BCUT2D eigenvalue weighted by Gasteiger charge is 2.21. The predicted octanol–water partition coefficient (Wildman–Crippen LogP) is 3.50. The van der Waals surface area contributed by atoms with Crippen molar-refractivity contribution in [2.24, 2.45) is 5.92 Å². The smallest absolute Gasteiger partial charge is 0.233 e. The van der Waals surface area contributed by atoms with Crippen molar-refractivity contribution >= 4 is 34.1 Å². The molecular formula is C17H22N4OS2. The van der Waals surface area contributed by atoms with Crippen molar-refractivity contribution in [2.75, 3.05) is 24.2 Å². The highest BCUT2D eigenvalue weighted by molar-refractivity contribution is 8.01. The average molecular weight is 363 g/mol. The highest BCUT2D eigenvalue weighted by atomic mass is 32.2. The van der Waals surface area contributed by atoms with E-state index in [2.05, 4.69) is 34.6 Å². The number of aromatic nitrogens is 2. The number of rotatable bonds is 6. The molecule has 0 bridgehead atoms. The second-order valence-corrected chi connectivity index (χ2v) is 8.29. The minimum Gasteiger partial charge on any atom is -0.356 e. The largest absolute Gasteiger partial charge is 0.356 e. The molecule has 128 valence electrons. The van der Waals surface area contributed by atoms with Crippen molar-refractivity contribution in [2.45, 2.75) is 30.6 Å². The Kier molecular flexibility index (Phi) is 6.09. The first kappa shape index (κ1) is 17.2. The molecule has 0 saturated carbocycles. The van der Waals surface area contributed by atoms with Gasteiger partial charge in [0, 0.05) is 19.6 Å². The summed E-state index contributed by atoms with van der Waals surface area (Å²) >= 11 is 2.98. The zero-order valence-corrected chi connectivity index (χ0v) is 15.4. The van der Waals surface area contributed by atoms with Gasteiger partial charge in [-0.2, -0.15) is 0 Å². The first-order valence-corrected chi connectivity index (χ1v) is 10.0. The van der Waals surface area contributed by atoms with Gasteiger partial charge in [-0.15, -0.1) is 10.2 Å². The lowest BCUT2D eigenvalue weighted by atomic mass is 10.0. The van der Waals surface area contributed by atoms with Crippen LogP contribution in [0.4, 0.5) is 5.13 Å². The van der Waals surface area contributed by atoms with Gasteiger partial charge >= 0.3 is 0 Å². The van der Waals surface area contributed by atoms with E-state index in [4.69, 9.17) is 0 Å². The number of carbonyl (C=O) groups is 1. The van der Waals surface area contributed by atoms with Crippen molar-refractivity contribution in [1.29, 1.82) is 0 Å². The predicted molar refractivity (Wildman–Crippen MR) is 99.4 cm³/mol. The summed E-state index contributed by atoms with van der Waals surface area (Å²) in [6.07, 6.45) is 2.34. The van der Waals surface area contributed by atoms with Crippen molar-refractivity contribution in [3.63, 3.8) is 0 Å². The zero-order valence-electron chi connectivity index (χ0n) is 13.8. The second kappa shape index (κ2) is 8.48. The summed E-state index contributed by atoms with van der Waals surface area (Å²) in [4.78, 5) is 14.3. The van der Waals surface area contributed by atoms with Crippen LogP contribution < -0.4 is 5.32 Å². The van der Waals surface area contributed by atoms with Gasteiger partial charge < -0.3 is 10.2 Å². The number of nitrogens with zero attached hydrogens (tertiary/aromatic N) is 3. The van der Waals surface area contributed by atoms with Crippen LogP contribution in [-0.4, -0.2) is 39.8 Å². The lowest BCUT2D eigenvalue weighted by molar-refractivity contribution is -0.130. The van der Waals surface area contributed by atoms with E-state index >= 15 is 0 Å². The van der Waals surface area contributed by atoms with Gasteiger partial charge in [0.15, 0.2) is 4.34 Å². The van der Waals surface area contributed by atoms with E-state index in [0.29, 0.717) is 11.7 Å². The van der Waals surface area contributed by atoms with Crippen molar-refractivity contribution < 1.29 is 4.79 Å². The SMILES string of the molecule is CC1CCCN(C(=O)CSc2nnc(NCc3ccccc3)s2)C1. The van der Waals surface area contributed by atoms with E-state index < -0.39 is 0 Å². The molecule has 1 atom stereocenters. The Balaban J connectivity index is 1.45. The van der Waals surface area contributed by atoms with Crippen LogP contribution >= 0.6 is 23.1 Å². The van der Waals surface area contributed by atoms with E-state index in [1.54, 1.807) is 0 Å². The molecule has 5 nitrogen and oxygen atoms in total. The van der Waals surface area contributed by atoms with Crippen LogP contribution in [0.5, 0.6) is 0 Å². The molecule has 2 aromatic rings. The molecule has 0 spiro atoms. The van der Waals surface area contributed by atoms with Gasteiger partial charge in [-0.3, -0.25) is 4.79 Å². The maximum atomic E-state index is 12.3. The number of carbonyl (C=O) groups excluding carboxylic acids is 1. The molecule has 1 unspecified atom stereocenters. The Bertz CT molecular complexity index is 662. The quantitative estimate of drug-likeness (QED) is 0.797. The van der Waals surface area contributed by atoms with Gasteiger partial charge in [-0.05, 0) is 24.3 Å². The number of benzene rings is 1. The number of likely N-dealkylation sites (tertiary alicyclic amines) is 1. The van der Waals surface area contributed by atoms with E-state index in [1.165, 1.54) is 35.1 Å². The third kappa shape index (κ3) is 4.95. The van der Waals surface area contributed by atoms with Crippen molar-refractivity contribution in [3.05, 3.63) is 35.9 Å². The standard InChI is InChI=1S/C17H22N4OS2/c1-13-6-5-9-21(11-13)15(22)12-23-17-20-19-16(24-17)18-10-14-7-3-2-4-8-14/h2-4,7-8,13H,5-6,9-12H2,1H3,(H,18,19). The van der Waals surface area contributed by atoms with Crippen LogP contribution in [-0.2, 0) is 11.3 Å². The number of piperidine rings is 1. The first-order valence-electron chi connectivity index (χ1n) is 8.22. The van der Waals surface area contributed by atoms with E-state index in [9.17, 15) is 4.79 Å². The van der Waals surface area contributed by atoms with Crippen LogP contribution in [0.2, 0.25) is 0 Å². The topological polar surface area (TPSA) is 58.1 Å². The molecule has 1 aromatic heterocycles. The van der Waals surface area contributed by atoms with Crippen LogP contribution in [0.1, 0.15) is 25.3 Å². The highest BCUT2D eigenvalue weighted by Crippen LogP contribution is 2.26. The fraction of sp³-hybridized carbons (Fsp3) is 0.471. The summed E-state index contributed by atoms with van der Waals surface area (Å²) in [6.45, 7) is 4.72. The Morgan fingerprint density at radius 2 is 2.21 bits per heavy atom. The molecule has 1 N–H and O–H groups in total. The first-order chi connectivity index (χ1) is 11.7. The van der Waals surface area contributed by atoms with Gasteiger partial charge in [0.1, 0.15) is 0 Å². The molecule has 24 heavy (non-hydrogen) atoms. The van der Waals surface area contributed by atoms with Gasteiger partial charge in [-0.25, -0.2) is 0 Å². The van der Waals surface area contributed by atoms with Crippen LogP contribution in [0.25, 0.3) is 0 Å². The normalized spacial score (nSPS) is 17.7. The Labute approximate surface area is 150 Å². The molecule has 1 aliphatic rings. The second-order valence-electron chi connectivity index (χ2n) is 6.09. The van der Waals surface area contributed by atoms with Crippen molar-refractivity contribution in [3.8, 4) is 0 Å². The molecule has 1 amide bonds. The van der Waals surface area contributed by atoms with Gasteiger partial charge in [0.25, 0.3) is 0 Å². The number of hydrogen-bond acceptors (Lipinski definition) is 6. The molecule has 2 heterocycles. The number of hydrogen-bond donors (Lipinski definition) is 1. The zero-order chi connectivity index (χ0) is 16.8. The lowest BCUT2D eigenvalue weighted by Gasteiger charge is -2.30. The van der Waals surface area contributed by atoms with Crippen LogP contribution in [0.15, 0.2) is 34.7 Å². The molecule has 7 heteroatoms. The summed E-state index contributed by atoms with van der Waals surface area (Å²) in [6, 6.07) is 10.2. The van der Waals surface area contributed by atoms with Crippen LogP contribution in [0, 0.1) is 5.92 Å². The van der Waals surface area contributed by atoms with Gasteiger partial charge in [0.2, 0.25) is 11.0 Å². The fourth-order valence-corrected chi connectivity index (χ4v) is 4.39. The van der Waals surface area contributed by atoms with Crippen LogP contribution in [0.3, 0.4) is 0 Å². The molecular weight excluding hydrogens is 340 g/mol. The summed E-state index contributed by atoms with van der Waals surface area (Å²) < 4.78 is 0.837. The molecule has 0 radical (unpaired) electrons. The number of thioether (sulfide) groups is 1. The number of anilines is 1. The van der Waals surface area contributed by atoms with E-state index in [-0.39, 0.29) is 5.91 Å². The number of amides is 1. The maximum Gasteiger partial charge on any atom is 0.233 e. The minimum atomic E-state index is 0.209. The maximum absolute atomic E-state index is 12.3. The van der Waals surface area contributed by atoms with Crippen molar-refractivity contribution in [1.82, 2.24) is 15.1 Å². The monoisotopic (exact) mass is 362 g/mol. The Morgan fingerprint density at radius 3 is 3.00 bits per heavy atom. The third-order valence-electron chi connectivity index (χ3n) is 4.02. The number of nitrogens with one attached hydrogen (secondary N) is 1. The summed E-state index contributed by atoms with van der Waals surface area (Å²) in [7, 11) is 0. The molecule has 1 aliphatic heterocycles. The summed E-state index contributed by atoms with van der Waals surface area (Å²) in [5.41, 5.74) is 1.20. The summed E-state index contributed by atoms with van der Waals surface area (Å²) in [5.74, 6) is 1.27. The third-order valence-corrected chi connectivity index (χ3v) is 6.02. The fourth-order valence-electron chi connectivity index (χ4n) is 2.74. The average Bonchev–Trinajstić information content (AvgIpc) is 3.07. The lowest BCUT2D eigenvalue weighted by Crippen LogP contribution is -2.40. The van der Waals surface area contributed by atoms with Gasteiger partial charge in [0.05, 0.1) is 5.75 Å². The Morgan fingerprint density at radius 1 is 1.38 bits per heavy atom. The Hall–Kier alpha value is -1.60. The van der Waals surface area contributed by atoms with Gasteiger partial charge in [-0.1, -0.05) is 60.4 Å². The molecule has 1 fully saturated rings. The molecule has 1 saturated heterocycles. The molecule has 3 rings (SSSR count). The molecule has 1 aromatic carbocycles. The van der Waals surface area contributed by atoms with E-state index in [0.717, 1.165) is 35.5 Å². The summed E-state index contributed by atoms with van der Waals surface area (Å²) in [5, 5.41) is 12.4. The minimum absolute atomic E-state index is 0.209.